The van der Waals surface area contributed by atoms with Crippen molar-refractivity contribution < 1.29 is 48.6 Å². The summed E-state index contributed by atoms with van der Waals surface area (Å²) in [6.07, 6.45) is -0.127. The number of carbonyl (C=O) groups is 6. The van der Waals surface area contributed by atoms with Crippen LogP contribution < -0.4 is 26.7 Å². The van der Waals surface area contributed by atoms with Gasteiger partial charge in [0.15, 0.2) is 6.10 Å². The molecule has 474 valence electrons. The van der Waals surface area contributed by atoms with Crippen LogP contribution in [0.5, 0.6) is 0 Å². The maximum Gasteiger partial charge on any atom is 0.338 e. The first-order valence-electron chi connectivity index (χ1n) is 30.6. The number of ether oxygens (including phenoxy) is 2. The number of aliphatic hydroxyl groups is 1. The topological polar surface area (TPSA) is 269 Å². The fraction of sp³-hybridized carbons (Fsp3) is 0.397. The first-order valence-corrected chi connectivity index (χ1v) is 30.6. The van der Waals surface area contributed by atoms with Gasteiger partial charge in [-0.05, 0) is 157 Å². The summed E-state index contributed by atoms with van der Waals surface area (Å²) in [7, 11) is 0. The van der Waals surface area contributed by atoms with E-state index in [0.717, 1.165) is 55.6 Å². The average molecular weight is 1220 g/mol. The summed E-state index contributed by atoms with van der Waals surface area (Å²) in [5.74, 6) is -6.67. The fourth-order valence-corrected chi connectivity index (χ4v) is 11.1. The molecule has 8 atom stereocenters. The molecule has 17 heteroatoms. The molecule has 0 spiro atoms. The molecule has 0 aromatic heterocycles. The Morgan fingerprint density at radius 3 is 1.39 bits per heavy atom. The standard InChI is InChI=1S/C38H45N3O5.C35H42N4O5/c1-24-21-26(19-20-30(24)29-17-11-14-27(22-29)23-39)13-12-18-31(32-36(44)46-38(6,7)45-32)34(42)41-33(37(3,4)5)35(43)40-25(2)28-15-9-8-10-16-28;1-22-19-24(17-18-28(22)27-15-9-12-25(20-27)21-36)11-10-16-29(30(40)33(42)39-44)32(41)38-31(35(3,4)5)34(43)37-23(2)26-13-7-6-8-14-26/h8-11,14-17,19-22,25,31-33H,12-13,18H2,1-7H3,(H,40,43)(H,41,42);6-9,12-15,17-20,23,29-31,40,44H,10-11,16H2,1-5H3,(H,37,43)(H,38,41)(H,39,42)/t25?,31-,32?,33-;23?,29-,30?,31-/m11/s1. The number of benzene rings is 6. The number of aryl methyl sites for hydroxylation is 4. The zero-order valence-corrected chi connectivity index (χ0v) is 53.8. The van der Waals surface area contributed by atoms with Gasteiger partial charge in [0.05, 0.1) is 47.2 Å². The number of cyclic esters (lactones) is 1. The molecule has 1 fully saturated rings. The largest absolute Gasteiger partial charge is 0.432 e. The van der Waals surface area contributed by atoms with Crippen molar-refractivity contribution in [2.24, 2.45) is 22.7 Å². The van der Waals surface area contributed by atoms with Gasteiger partial charge in [-0.2, -0.15) is 10.5 Å². The molecule has 7 N–H and O–H groups in total. The maximum atomic E-state index is 14.0. The van der Waals surface area contributed by atoms with Crippen LogP contribution in [-0.4, -0.2) is 75.9 Å². The molecular formula is C73H87N7O10. The molecule has 7 rings (SSSR count). The lowest BCUT2D eigenvalue weighted by Gasteiger charge is -2.33. The van der Waals surface area contributed by atoms with E-state index in [2.05, 4.69) is 39.5 Å². The number of nitriles is 2. The summed E-state index contributed by atoms with van der Waals surface area (Å²) in [6, 6.07) is 48.2. The molecule has 1 aliphatic heterocycles. The maximum absolute atomic E-state index is 14.0. The van der Waals surface area contributed by atoms with E-state index in [-0.39, 0.29) is 24.4 Å². The molecule has 0 radical (unpaired) electrons. The van der Waals surface area contributed by atoms with Gasteiger partial charge in [0, 0.05) is 13.8 Å². The molecular weight excluding hydrogens is 1130 g/mol. The van der Waals surface area contributed by atoms with Crippen molar-refractivity contribution in [1.29, 1.82) is 10.5 Å². The van der Waals surface area contributed by atoms with Crippen LogP contribution in [0.15, 0.2) is 146 Å². The van der Waals surface area contributed by atoms with E-state index in [1.165, 1.54) is 5.48 Å². The Balaban J connectivity index is 0.000000287. The molecule has 17 nitrogen and oxygen atoms in total. The van der Waals surface area contributed by atoms with E-state index >= 15 is 0 Å². The Morgan fingerprint density at radius 1 is 0.567 bits per heavy atom. The van der Waals surface area contributed by atoms with Gasteiger partial charge in [0.25, 0.3) is 5.91 Å². The van der Waals surface area contributed by atoms with Gasteiger partial charge in [-0.25, -0.2) is 10.3 Å². The van der Waals surface area contributed by atoms with Crippen molar-refractivity contribution in [3.63, 3.8) is 0 Å². The molecule has 4 unspecified atom stereocenters. The quantitative estimate of drug-likeness (QED) is 0.0179. The Morgan fingerprint density at radius 2 is 1.00 bits per heavy atom. The first-order chi connectivity index (χ1) is 42.5. The number of hydrogen-bond acceptors (Lipinski definition) is 12. The van der Waals surface area contributed by atoms with Crippen molar-refractivity contribution in [2.45, 2.75) is 164 Å². The van der Waals surface area contributed by atoms with Crippen LogP contribution in [0, 0.1) is 59.2 Å². The van der Waals surface area contributed by atoms with E-state index in [1.807, 2.05) is 197 Å². The number of nitrogens with one attached hydrogen (secondary N) is 5. The molecule has 0 saturated carbocycles. The Labute approximate surface area is 529 Å². The highest BCUT2D eigenvalue weighted by molar-refractivity contribution is 5.93. The van der Waals surface area contributed by atoms with E-state index in [0.29, 0.717) is 43.2 Å². The zero-order chi connectivity index (χ0) is 66.1. The highest BCUT2D eigenvalue weighted by atomic mass is 16.8. The minimum absolute atomic E-state index is 0.129. The van der Waals surface area contributed by atoms with Gasteiger partial charge in [-0.1, -0.05) is 163 Å². The number of nitrogens with zero attached hydrogens (tertiary/aromatic N) is 2. The van der Waals surface area contributed by atoms with E-state index in [1.54, 1.807) is 26.0 Å². The average Bonchev–Trinajstić information content (AvgIpc) is 2.41. The van der Waals surface area contributed by atoms with Crippen molar-refractivity contribution in [3.8, 4) is 34.4 Å². The zero-order valence-electron chi connectivity index (χ0n) is 53.8. The van der Waals surface area contributed by atoms with Gasteiger partial charge in [-0.15, -0.1) is 0 Å². The molecule has 6 aromatic rings. The van der Waals surface area contributed by atoms with Gasteiger partial charge < -0.3 is 35.8 Å². The van der Waals surface area contributed by atoms with Crippen LogP contribution >= 0.6 is 0 Å². The smallest absolute Gasteiger partial charge is 0.338 e. The number of rotatable bonds is 23. The number of amides is 5. The third kappa shape index (κ3) is 19.5. The molecule has 6 aromatic carbocycles. The summed E-state index contributed by atoms with van der Waals surface area (Å²) < 4.78 is 11.4. The lowest BCUT2D eigenvalue weighted by Crippen LogP contribution is -2.56. The van der Waals surface area contributed by atoms with Crippen LogP contribution in [0.2, 0.25) is 0 Å². The molecule has 1 heterocycles. The minimum atomic E-state index is -1.82. The Kier molecular flexibility index (Phi) is 24.5. The normalized spacial score (nSPS) is 15.9. The van der Waals surface area contributed by atoms with Gasteiger partial charge in [0.1, 0.15) is 18.2 Å². The molecule has 1 saturated heterocycles. The summed E-state index contributed by atoms with van der Waals surface area (Å²) in [4.78, 5) is 79.5. The second-order valence-electron chi connectivity index (χ2n) is 25.9. The summed E-state index contributed by atoms with van der Waals surface area (Å²) in [5.41, 5.74) is 11.4. The predicted octanol–water partition coefficient (Wildman–Crippen LogP) is 11.3. The van der Waals surface area contributed by atoms with Crippen LogP contribution in [0.3, 0.4) is 0 Å². The number of hydrogen-bond donors (Lipinski definition) is 7. The second-order valence-corrected chi connectivity index (χ2v) is 25.9. The summed E-state index contributed by atoms with van der Waals surface area (Å²) in [6.45, 7) is 22.2. The van der Waals surface area contributed by atoms with E-state index < -0.39 is 82.3 Å². The highest BCUT2D eigenvalue weighted by Crippen LogP contribution is 2.34. The number of carbonyl (C=O) groups excluding carboxylic acids is 6. The van der Waals surface area contributed by atoms with Crippen LogP contribution in [0.25, 0.3) is 22.3 Å². The Hall–Kier alpha value is -9.00. The van der Waals surface area contributed by atoms with Gasteiger partial charge in [-0.3, -0.25) is 29.2 Å². The monoisotopic (exact) mass is 1220 g/mol. The third-order valence-corrected chi connectivity index (χ3v) is 16.1. The van der Waals surface area contributed by atoms with Crippen LogP contribution in [-0.2, 0) is 51.1 Å². The SMILES string of the molecule is Cc1cc(CCC[C@@H](C(=O)N[C@H](C(=O)NC(C)c2ccccc2)C(C)(C)C)C(O)C(=O)NO)ccc1-c1cccc(C#N)c1.Cc1cc(CCC[C@@H](C(=O)N[C@H](C(=O)NC(C)c2ccccc2)C(C)(C)C)C2OC(C)(C)OC2=O)ccc1-c1cccc(C#N)c1. The van der Waals surface area contributed by atoms with Crippen molar-refractivity contribution in [2.75, 3.05) is 0 Å². The van der Waals surface area contributed by atoms with E-state index in [4.69, 9.17) is 14.7 Å². The van der Waals surface area contributed by atoms with Crippen molar-refractivity contribution >= 4 is 35.5 Å². The Bertz CT molecular complexity index is 3560. The highest BCUT2D eigenvalue weighted by Gasteiger charge is 2.48. The second kappa shape index (κ2) is 31.4. The molecule has 0 bridgehead atoms. The summed E-state index contributed by atoms with van der Waals surface area (Å²) in [5, 5.41) is 50.1. The summed E-state index contributed by atoms with van der Waals surface area (Å²) >= 11 is 0. The molecule has 1 aliphatic rings. The fourth-order valence-electron chi connectivity index (χ4n) is 11.1. The lowest BCUT2D eigenvalue weighted by molar-refractivity contribution is -0.162. The number of esters is 1. The molecule has 90 heavy (non-hydrogen) atoms. The predicted molar refractivity (Wildman–Crippen MR) is 345 cm³/mol. The lowest BCUT2D eigenvalue weighted by atomic mass is 9.84. The minimum Gasteiger partial charge on any atom is -0.432 e. The number of hydroxylamine groups is 1. The van der Waals surface area contributed by atoms with Crippen molar-refractivity contribution in [1.82, 2.24) is 26.7 Å². The molecule has 0 aliphatic carbocycles. The third-order valence-electron chi connectivity index (χ3n) is 16.1. The van der Waals surface area contributed by atoms with E-state index in [9.17, 15) is 44.4 Å². The van der Waals surface area contributed by atoms with Crippen LogP contribution in [0.1, 0.15) is 152 Å². The first kappa shape index (κ1) is 70.1. The van der Waals surface area contributed by atoms with Crippen LogP contribution in [0.4, 0.5) is 0 Å². The van der Waals surface area contributed by atoms with Gasteiger partial charge >= 0.3 is 5.97 Å². The number of aliphatic hydroxyl groups excluding tert-OH is 1. The molecule has 5 amide bonds. The van der Waals surface area contributed by atoms with Gasteiger partial charge in [0.2, 0.25) is 29.4 Å². The van der Waals surface area contributed by atoms with Crippen molar-refractivity contribution in [3.05, 3.63) is 190 Å².